The first-order valence-electron chi connectivity index (χ1n) is 5.66. The van der Waals surface area contributed by atoms with Crippen LogP contribution in [0.2, 0.25) is 0 Å². The number of fused-ring (bicyclic) bond motifs is 1. The van der Waals surface area contributed by atoms with E-state index in [0.717, 1.165) is 37.1 Å². The first-order chi connectivity index (χ1) is 8.33. The zero-order chi connectivity index (χ0) is 11.7. The highest BCUT2D eigenvalue weighted by atomic mass is 16.5. The van der Waals surface area contributed by atoms with Crippen LogP contribution in [0, 0.1) is 0 Å². The highest BCUT2D eigenvalue weighted by molar-refractivity contribution is 5.76. The molecule has 1 atom stereocenters. The standard InChI is InChI=1S/C11H13N5O/c12-11-15-8(4-7-2-1-3-17-7)10-9(16-11)5-13-6-14-10/h5-7H,1-4H2,(H2,12,15,16). The zero-order valence-corrected chi connectivity index (χ0v) is 9.33. The third kappa shape index (κ3) is 2.03. The maximum atomic E-state index is 5.68. The van der Waals surface area contributed by atoms with Crippen LogP contribution in [0.4, 0.5) is 5.95 Å². The average Bonchev–Trinajstić information content (AvgIpc) is 2.81. The van der Waals surface area contributed by atoms with Gasteiger partial charge in [-0.3, -0.25) is 0 Å². The molecule has 17 heavy (non-hydrogen) atoms. The Morgan fingerprint density at radius 2 is 2.35 bits per heavy atom. The van der Waals surface area contributed by atoms with Crippen molar-refractivity contribution < 1.29 is 4.74 Å². The Morgan fingerprint density at radius 3 is 3.18 bits per heavy atom. The molecular formula is C11H13N5O. The monoisotopic (exact) mass is 231 g/mol. The quantitative estimate of drug-likeness (QED) is 0.819. The second kappa shape index (κ2) is 4.21. The molecule has 1 aliphatic heterocycles. The van der Waals surface area contributed by atoms with E-state index >= 15 is 0 Å². The Labute approximate surface area is 98.3 Å². The molecule has 0 saturated carbocycles. The van der Waals surface area contributed by atoms with Crippen LogP contribution in [-0.4, -0.2) is 32.6 Å². The summed E-state index contributed by atoms with van der Waals surface area (Å²) in [5.74, 6) is 0.264. The van der Waals surface area contributed by atoms with Gasteiger partial charge in [-0.1, -0.05) is 0 Å². The van der Waals surface area contributed by atoms with Gasteiger partial charge >= 0.3 is 0 Å². The van der Waals surface area contributed by atoms with Gasteiger partial charge in [-0.2, -0.15) is 0 Å². The Morgan fingerprint density at radius 1 is 1.41 bits per heavy atom. The number of anilines is 1. The minimum Gasteiger partial charge on any atom is -0.378 e. The van der Waals surface area contributed by atoms with Crippen molar-refractivity contribution in [2.45, 2.75) is 25.4 Å². The van der Waals surface area contributed by atoms with Crippen LogP contribution < -0.4 is 5.73 Å². The SMILES string of the molecule is Nc1nc(CC2CCCO2)c2ncncc2n1. The van der Waals surface area contributed by atoms with E-state index < -0.39 is 0 Å². The largest absolute Gasteiger partial charge is 0.378 e. The molecule has 6 heteroatoms. The van der Waals surface area contributed by atoms with Crippen molar-refractivity contribution >= 4 is 17.0 Å². The topological polar surface area (TPSA) is 86.8 Å². The second-order valence-corrected chi connectivity index (χ2v) is 4.12. The molecule has 1 aliphatic rings. The Balaban J connectivity index is 2.01. The van der Waals surface area contributed by atoms with Crippen LogP contribution >= 0.6 is 0 Å². The lowest BCUT2D eigenvalue weighted by atomic mass is 10.1. The van der Waals surface area contributed by atoms with Crippen molar-refractivity contribution in [3.63, 3.8) is 0 Å². The first-order valence-corrected chi connectivity index (χ1v) is 5.66. The van der Waals surface area contributed by atoms with E-state index in [0.29, 0.717) is 5.52 Å². The molecule has 0 spiro atoms. The number of aromatic nitrogens is 4. The van der Waals surface area contributed by atoms with E-state index in [2.05, 4.69) is 19.9 Å². The Hall–Kier alpha value is -1.82. The van der Waals surface area contributed by atoms with E-state index in [9.17, 15) is 0 Å². The molecule has 1 fully saturated rings. The molecule has 6 nitrogen and oxygen atoms in total. The molecule has 0 radical (unpaired) electrons. The number of rotatable bonds is 2. The van der Waals surface area contributed by atoms with Crippen molar-refractivity contribution in [2.24, 2.45) is 0 Å². The predicted octanol–water partition coefficient (Wildman–Crippen LogP) is 0.723. The first kappa shape index (κ1) is 10.3. The van der Waals surface area contributed by atoms with Crippen LogP contribution in [0.1, 0.15) is 18.5 Å². The van der Waals surface area contributed by atoms with Gasteiger partial charge in [0.05, 0.1) is 18.0 Å². The molecule has 0 bridgehead atoms. The highest BCUT2D eigenvalue weighted by Gasteiger charge is 2.19. The zero-order valence-electron chi connectivity index (χ0n) is 9.33. The number of hydrogen-bond donors (Lipinski definition) is 1. The van der Waals surface area contributed by atoms with Gasteiger partial charge < -0.3 is 10.5 Å². The Kier molecular flexibility index (Phi) is 2.56. The number of nitrogen functional groups attached to an aromatic ring is 1. The van der Waals surface area contributed by atoms with Crippen molar-refractivity contribution in [2.75, 3.05) is 12.3 Å². The highest BCUT2D eigenvalue weighted by Crippen LogP contribution is 2.20. The summed E-state index contributed by atoms with van der Waals surface area (Å²) in [5.41, 5.74) is 7.99. The van der Waals surface area contributed by atoms with Gasteiger partial charge in [0.15, 0.2) is 0 Å². The van der Waals surface area contributed by atoms with Crippen molar-refractivity contribution in [1.29, 1.82) is 0 Å². The average molecular weight is 231 g/mol. The molecule has 3 rings (SSSR count). The lowest BCUT2D eigenvalue weighted by molar-refractivity contribution is 0.111. The molecule has 3 heterocycles. The number of ether oxygens (including phenoxy) is 1. The van der Waals surface area contributed by atoms with Gasteiger partial charge in [0, 0.05) is 13.0 Å². The van der Waals surface area contributed by atoms with Gasteiger partial charge in [-0.25, -0.2) is 19.9 Å². The molecule has 0 amide bonds. The fourth-order valence-corrected chi connectivity index (χ4v) is 2.13. The van der Waals surface area contributed by atoms with E-state index in [4.69, 9.17) is 10.5 Å². The number of nitrogens with zero attached hydrogens (tertiary/aromatic N) is 4. The third-order valence-corrected chi connectivity index (χ3v) is 2.90. The van der Waals surface area contributed by atoms with Gasteiger partial charge in [-0.05, 0) is 12.8 Å². The van der Waals surface area contributed by atoms with Gasteiger partial charge in [0.25, 0.3) is 0 Å². The minimum atomic E-state index is 0.225. The molecule has 1 saturated heterocycles. The number of hydrogen-bond acceptors (Lipinski definition) is 6. The summed E-state index contributed by atoms with van der Waals surface area (Å²) in [6, 6.07) is 0. The second-order valence-electron chi connectivity index (χ2n) is 4.12. The molecule has 0 aromatic carbocycles. The summed E-state index contributed by atoms with van der Waals surface area (Å²) in [5, 5.41) is 0. The minimum absolute atomic E-state index is 0.225. The van der Waals surface area contributed by atoms with Crippen molar-refractivity contribution in [1.82, 2.24) is 19.9 Å². The molecule has 0 aliphatic carbocycles. The predicted molar refractivity (Wildman–Crippen MR) is 62.2 cm³/mol. The van der Waals surface area contributed by atoms with Crippen molar-refractivity contribution in [3.05, 3.63) is 18.2 Å². The van der Waals surface area contributed by atoms with Crippen molar-refractivity contribution in [3.8, 4) is 0 Å². The van der Waals surface area contributed by atoms with Gasteiger partial charge in [0.2, 0.25) is 5.95 Å². The van der Waals surface area contributed by atoms with Crippen LogP contribution in [-0.2, 0) is 11.2 Å². The van der Waals surface area contributed by atoms with Gasteiger partial charge in [-0.15, -0.1) is 0 Å². The summed E-state index contributed by atoms with van der Waals surface area (Å²) in [7, 11) is 0. The fourth-order valence-electron chi connectivity index (χ4n) is 2.13. The summed E-state index contributed by atoms with van der Waals surface area (Å²) in [6.07, 6.45) is 6.29. The lowest BCUT2D eigenvalue weighted by Crippen LogP contribution is -2.12. The maximum absolute atomic E-state index is 5.68. The lowest BCUT2D eigenvalue weighted by Gasteiger charge is -2.10. The van der Waals surface area contributed by atoms with Crippen LogP contribution in [0.3, 0.4) is 0 Å². The summed E-state index contributed by atoms with van der Waals surface area (Å²) >= 11 is 0. The molecule has 2 aromatic rings. The van der Waals surface area contributed by atoms with Crippen LogP contribution in [0.15, 0.2) is 12.5 Å². The molecule has 88 valence electrons. The smallest absolute Gasteiger partial charge is 0.220 e. The van der Waals surface area contributed by atoms with Gasteiger partial charge in [0.1, 0.15) is 17.4 Å². The molecular weight excluding hydrogens is 218 g/mol. The maximum Gasteiger partial charge on any atom is 0.220 e. The Bertz CT molecular complexity index is 538. The molecule has 2 aromatic heterocycles. The molecule has 2 N–H and O–H groups in total. The third-order valence-electron chi connectivity index (χ3n) is 2.90. The normalized spacial score (nSPS) is 19.9. The van der Waals surface area contributed by atoms with E-state index in [1.807, 2.05) is 0 Å². The number of nitrogens with two attached hydrogens (primary N) is 1. The van der Waals surface area contributed by atoms with E-state index in [1.54, 1.807) is 6.20 Å². The summed E-state index contributed by atoms with van der Waals surface area (Å²) < 4.78 is 5.60. The molecule has 1 unspecified atom stereocenters. The fraction of sp³-hybridized carbons (Fsp3) is 0.455. The van der Waals surface area contributed by atoms with E-state index in [-0.39, 0.29) is 12.1 Å². The summed E-state index contributed by atoms with van der Waals surface area (Å²) in [6.45, 7) is 0.831. The van der Waals surface area contributed by atoms with Crippen LogP contribution in [0.25, 0.3) is 11.0 Å². The summed E-state index contributed by atoms with van der Waals surface area (Å²) in [4.78, 5) is 16.5. The van der Waals surface area contributed by atoms with E-state index in [1.165, 1.54) is 6.33 Å². The van der Waals surface area contributed by atoms with Crippen LogP contribution in [0.5, 0.6) is 0 Å².